The number of hydrogen-bond donors (Lipinski definition) is 0. The Hall–Kier alpha value is -1.67. The first-order valence-electron chi connectivity index (χ1n) is 6.20. The van der Waals surface area contributed by atoms with Gasteiger partial charge in [-0.1, -0.05) is 48.6 Å². The summed E-state index contributed by atoms with van der Waals surface area (Å²) in [4.78, 5) is 12.6. The van der Waals surface area contributed by atoms with Crippen LogP contribution in [-0.4, -0.2) is 18.5 Å². The molecular formula is C16H18O2. The van der Waals surface area contributed by atoms with E-state index in [1.807, 2.05) is 43.3 Å². The van der Waals surface area contributed by atoms with Crippen LogP contribution in [0.3, 0.4) is 0 Å². The molecule has 0 aromatic heterocycles. The van der Waals surface area contributed by atoms with Crippen LogP contribution in [0, 0.1) is 0 Å². The van der Waals surface area contributed by atoms with E-state index in [0.717, 1.165) is 18.4 Å². The standard InChI is InChI=1S/C16H18O2/c1-16(18-2,14-11-7-4-8-12-14)15(17)13-9-5-3-6-10-13/h3,5-7,9-12H,4,8H2,1-2H3. The summed E-state index contributed by atoms with van der Waals surface area (Å²) in [6.07, 6.45) is 8.17. The smallest absolute Gasteiger partial charge is 0.198 e. The van der Waals surface area contributed by atoms with Crippen molar-refractivity contribution in [2.45, 2.75) is 25.4 Å². The second-order valence-electron chi connectivity index (χ2n) is 4.57. The first-order chi connectivity index (χ1) is 8.68. The van der Waals surface area contributed by atoms with E-state index in [4.69, 9.17) is 4.74 Å². The van der Waals surface area contributed by atoms with Gasteiger partial charge in [0.25, 0.3) is 0 Å². The molecule has 1 aromatic rings. The van der Waals surface area contributed by atoms with Crippen molar-refractivity contribution in [1.82, 2.24) is 0 Å². The molecule has 18 heavy (non-hydrogen) atoms. The maximum Gasteiger partial charge on any atom is 0.198 e. The lowest BCUT2D eigenvalue weighted by Crippen LogP contribution is -2.39. The molecule has 1 aromatic carbocycles. The minimum atomic E-state index is -0.891. The van der Waals surface area contributed by atoms with Gasteiger partial charge in [0, 0.05) is 12.7 Å². The van der Waals surface area contributed by atoms with Gasteiger partial charge in [0.05, 0.1) is 0 Å². The molecule has 2 rings (SSSR count). The van der Waals surface area contributed by atoms with Crippen molar-refractivity contribution in [2.75, 3.05) is 7.11 Å². The van der Waals surface area contributed by atoms with Crippen LogP contribution in [0.2, 0.25) is 0 Å². The van der Waals surface area contributed by atoms with Crippen molar-refractivity contribution < 1.29 is 9.53 Å². The van der Waals surface area contributed by atoms with Gasteiger partial charge >= 0.3 is 0 Å². The van der Waals surface area contributed by atoms with E-state index < -0.39 is 5.60 Å². The van der Waals surface area contributed by atoms with Crippen LogP contribution in [0.1, 0.15) is 30.1 Å². The first-order valence-corrected chi connectivity index (χ1v) is 6.20. The van der Waals surface area contributed by atoms with Crippen LogP contribution in [-0.2, 0) is 4.74 Å². The molecule has 0 amide bonds. The molecular weight excluding hydrogens is 224 g/mol. The lowest BCUT2D eigenvalue weighted by atomic mass is 9.84. The molecule has 0 fully saturated rings. The van der Waals surface area contributed by atoms with Crippen LogP contribution in [0.25, 0.3) is 0 Å². The fraction of sp³-hybridized carbons (Fsp3) is 0.312. The number of carbonyl (C=O) groups excluding carboxylic acids is 1. The molecule has 0 bridgehead atoms. The highest BCUT2D eigenvalue weighted by Gasteiger charge is 2.36. The van der Waals surface area contributed by atoms with E-state index in [1.165, 1.54) is 0 Å². The zero-order valence-corrected chi connectivity index (χ0v) is 10.8. The maximum absolute atomic E-state index is 12.6. The molecule has 0 saturated heterocycles. The fourth-order valence-corrected chi connectivity index (χ4v) is 2.17. The number of allylic oxidation sites excluding steroid dienone is 2. The molecule has 0 aliphatic heterocycles. The number of Topliss-reactive ketones (excluding diaryl/α,β-unsaturated/α-hetero) is 1. The van der Waals surface area contributed by atoms with E-state index in [0.29, 0.717) is 5.56 Å². The largest absolute Gasteiger partial charge is 0.366 e. The fourth-order valence-electron chi connectivity index (χ4n) is 2.17. The van der Waals surface area contributed by atoms with Crippen LogP contribution in [0.5, 0.6) is 0 Å². The second-order valence-corrected chi connectivity index (χ2v) is 4.57. The van der Waals surface area contributed by atoms with E-state index in [2.05, 4.69) is 12.2 Å². The topological polar surface area (TPSA) is 26.3 Å². The molecule has 1 atom stereocenters. The number of carbonyl (C=O) groups is 1. The van der Waals surface area contributed by atoms with Crippen LogP contribution < -0.4 is 0 Å². The minimum Gasteiger partial charge on any atom is -0.366 e. The first kappa shape index (κ1) is 12.8. The molecule has 2 nitrogen and oxygen atoms in total. The third-order valence-electron chi connectivity index (χ3n) is 3.42. The van der Waals surface area contributed by atoms with Crippen molar-refractivity contribution >= 4 is 5.78 Å². The van der Waals surface area contributed by atoms with Gasteiger partial charge in [0.2, 0.25) is 0 Å². The molecule has 94 valence electrons. The maximum atomic E-state index is 12.6. The zero-order valence-electron chi connectivity index (χ0n) is 10.8. The molecule has 1 aliphatic carbocycles. The Kier molecular flexibility index (Phi) is 3.78. The van der Waals surface area contributed by atoms with Crippen LogP contribution in [0.15, 0.2) is 54.1 Å². The highest BCUT2D eigenvalue weighted by Crippen LogP contribution is 2.29. The summed E-state index contributed by atoms with van der Waals surface area (Å²) in [7, 11) is 1.59. The Morgan fingerprint density at radius 3 is 2.50 bits per heavy atom. The Labute approximate surface area is 108 Å². The lowest BCUT2D eigenvalue weighted by molar-refractivity contribution is 0.0330. The predicted molar refractivity (Wildman–Crippen MR) is 72.6 cm³/mol. The predicted octanol–water partition coefficient (Wildman–Crippen LogP) is 3.55. The van der Waals surface area contributed by atoms with Crippen molar-refractivity contribution in [3.05, 3.63) is 59.7 Å². The van der Waals surface area contributed by atoms with Crippen molar-refractivity contribution in [1.29, 1.82) is 0 Å². The number of rotatable bonds is 4. The number of benzene rings is 1. The SMILES string of the molecule is COC(C)(C(=O)c1ccccc1)C1=CCCC=C1. The molecule has 0 heterocycles. The third kappa shape index (κ3) is 2.29. The average Bonchev–Trinajstić information content (AvgIpc) is 2.47. The molecule has 0 N–H and O–H groups in total. The summed E-state index contributed by atoms with van der Waals surface area (Å²) in [5.74, 6) is 0.00315. The van der Waals surface area contributed by atoms with Gasteiger partial charge in [-0.3, -0.25) is 4.79 Å². The van der Waals surface area contributed by atoms with Gasteiger partial charge in [-0.25, -0.2) is 0 Å². The monoisotopic (exact) mass is 242 g/mol. The van der Waals surface area contributed by atoms with Gasteiger partial charge in [-0.2, -0.15) is 0 Å². The molecule has 1 unspecified atom stereocenters. The highest BCUT2D eigenvalue weighted by molar-refractivity contribution is 6.04. The summed E-state index contributed by atoms with van der Waals surface area (Å²) in [6.45, 7) is 1.84. The van der Waals surface area contributed by atoms with E-state index in [1.54, 1.807) is 7.11 Å². The number of ketones is 1. The van der Waals surface area contributed by atoms with Crippen molar-refractivity contribution in [2.24, 2.45) is 0 Å². The second kappa shape index (κ2) is 5.32. The number of hydrogen-bond acceptors (Lipinski definition) is 2. The Morgan fingerprint density at radius 2 is 1.94 bits per heavy atom. The third-order valence-corrected chi connectivity index (χ3v) is 3.42. The number of ether oxygens (including phenoxy) is 1. The quantitative estimate of drug-likeness (QED) is 0.755. The molecule has 0 spiro atoms. The average molecular weight is 242 g/mol. The molecule has 2 heteroatoms. The highest BCUT2D eigenvalue weighted by atomic mass is 16.5. The minimum absolute atomic E-state index is 0.00315. The van der Waals surface area contributed by atoms with E-state index >= 15 is 0 Å². The lowest BCUT2D eigenvalue weighted by Gasteiger charge is -2.29. The van der Waals surface area contributed by atoms with Crippen molar-refractivity contribution in [3.8, 4) is 0 Å². The Morgan fingerprint density at radius 1 is 1.22 bits per heavy atom. The van der Waals surface area contributed by atoms with Crippen LogP contribution in [0.4, 0.5) is 0 Å². The molecule has 0 saturated carbocycles. The van der Waals surface area contributed by atoms with Gasteiger partial charge in [0.1, 0.15) is 0 Å². The Bertz CT molecular complexity index is 485. The summed E-state index contributed by atoms with van der Waals surface area (Å²) in [6, 6.07) is 9.29. The summed E-state index contributed by atoms with van der Waals surface area (Å²) >= 11 is 0. The van der Waals surface area contributed by atoms with Crippen molar-refractivity contribution in [3.63, 3.8) is 0 Å². The normalized spacial score (nSPS) is 18.0. The van der Waals surface area contributed by atoms with Gasteiger partial charge < -0.3 is 4.74 Å². The summed E-state index contributed by atoms with van der Waals surface area (Å²) in [5, 5.41) is 0. The zero-order chi connectivity index (χ0) is 13.0. The molecule has 1 aliphatic rings. The van der Waals surface area contributed by atoms with Gasteiger partial charge in [0.15, 0.2) is 11.4 Å². The molecule has 0 radical (unpaired) electrons. The van der Waals surface area contributed by atoms with E-state index in [-0.39, 0.29) is 5.78 Å². The van der Waals surface area contributed by atoms with Crippen LogP contribution >= 0.6 is 0 Å². The van der Waals surface area contributed by atoms with E-state index in [9.17, 15) is 4.79 Å². The van der Waals surface area contributed by atoms with Gasteiger partial charge in [-0.05, 0) is 25.3 Å². The summed E-state index contributed by atoms with van der Waals surface area (Å²) in [5.41, 5.74) is 0.741. The van der Waals surface area contributed by atoms with Gasteiger partial charge in [-0.15, -0.1) is 0 Å². The Balaban J connectivity index is 2.36. The number of methoxy groups -OCH3 is 1. The summed E-state index contributed by atoms with van der Waals surface area (Å²) < 4.78 is 5.52.